The van der Waals surface area contributed by atoms with Gasteiger partial charge in [-0.3, -0.25) is 9.78 Å². The van der Waals surface area contributed by atoms with Crippen LogP contribution in [0.3, 0.4) is 0 Å². The summed E-state index contributed by atoms with van der Waals surface area (Å²) in [5, 5.41) is 6.11. The Morgan fingerprint density at radius 1 is 1.17 bits per heavy atom. The average molecular weight is 422 g/mol. The number of halogens is 4. The van der Waals surface area contributed by atoms with Gasteiger partial charge >= 0.3 is 6.18 Å². The highest BCUT2D eigenvalue weighted by molar-refractivity contribution is 6.05. The lowest BCUT2D eigenvalue weighted by Crippen LogP contribution is -2.27. The molecule has 1 amide bonds. The van der Waals surface area contributed by atoms with Gasteiger partial charge in [-0.1, -0.05) is 13.0 Å². The third kappa shape index (κ3) is 4.46. The first-order chi connectivity index (χ1) is 14.2. The molecule has 0 saturated heterocycles. The van der Waals surface area contributed by atoms with Gasteiger partial charge in [0.25, 0.3) is 5.91 Å². The maximum absolute atomic E-state index is 14.1. The predicted octanol–water partition coefficient (Wildman–Crippen LogP) is 3.04. The molecular formula is C19H18F4N6O. The number of carbonyl (C=O) groups is 1. The summed E-state index contributed by atoms with van der Waals surface area (Å²) in [4.78, 5) is 24.0. The Hall–Kier alpha value is -3.34. The molecule has 0 spiro atoms. The maximum atomic E-state index is 14.1. The molecule has 0 aliphatic rings. The number of anilines is 1. The molecule has 0 aliphatic heterocycles. The molecule has 3 rings (SSSR count). The Morgan fingerprint density at radius 2 is 1.93 bits per heavy atom. The minimum absolute atomic E-state index is 0.147. The number of hydrogen-bond acceptors (Lipinski definition) is 6. The van der Waals surface area contributed by atoms with Gasteiger partial charge in [-0.15, -0.1) is 0 Å². The van der Waals surface area contributed by atoms with E-state index in [0.717, 1.165) is 6.07 Å². The molecule has 0 aliphatic carbocycles. The highest BCUT2D eigenvalue weighted by Gasteiger charge is 2.34. The molecule has 2 heterocycles. The van der Waals surface area contributed by atoms with Crippen molar-refractivity contribution < 1.29 is 22.4 Å². The molecule has 0 saturated carbocycles. The van der Waals surface area contributed by atoms with Crippen molar-refractivity contribution in [3.05, 3.63) is 59.3 Å². The number of aromatic nitrogens is 3. The largest absolute Gasteiger partial charge is 0.419 e. The molecule has 3 aromatic rings. The number of carbonyl (C=O) groups excluding carboxylic acids is 1. The number of hydrogen-bond donors (Lipinski definition) is 3. The van der Waals surface area contributed by atoms with E-state index in [0.29, 0.717) is 12.6 Å². The number of pyridine rings is 1. The van der Waals surface area contributed by atoms with Crippen molar-refractivity contribution in [3.63, 3.8) is 0 Å². The second kappa shape index (κ2) is 8.57. The Kier molecular flexibility index (Phi) is 6.11. The van der Waals surface area contributed by atoms with E-state index in [1.807, 2.05) is 6.92 Å². The molecule has 30 heavy (non-hydrogen) atoms. The standard InChI is InChI=1S/C19H18F4N6O/c1-2-25-8-14(10-3-4-12(13(20)7-10)19(21,22)23)29-18-16-15(27-9-28-18)11(17(24)30)5-6-26-16/h3-7,9,14,25H,2,8H2,1H3,(H2,24,30)(H,27,28,29). The molecule has 11 heteroatoms. The van der Waals surface area contributed by atoms with Crippen LogP contribution >= 0.6 is 0 Å². The molecule has 0 fully saturated rings. The van der Waals surface area contributed by atoms with Crippen LogP contribution in [0.15, 0.2) is 36.8 Å². The van der Waals surface area contributed by atoms with E-state index >= 15 is 0 Å². The predicted molar refractivity (Wildman–Crippen MR) is 102 cm³/mol. The molecule has 158 valence electrons. The van der Waals surface area contributed by atoms with Crippen LogP contribution in [0.2, 0.25) is 0 Å². The lowest BCUT2D eigenvalue weighted by molar-refractivity contribution is -0.140. The first-order valence-corrected chi connectivity index (χ1v) is 8.95. The molecule has 4 N–H and O–H groups in total. The summed E-state index contributed by atoms with van der Waals surface area (Å²) in [6.07, 6.45) is -2.21. The van der Waals surface area contributed by atoms with Crippen molar-refractivity contribution in [2.24, 2.45) is 5.73 Å². The van der Waals surface area contributed by atoms with Crippen LogP contribution in [-0.4, -0.2) is 33.9 Å². The number of fused-ring (bicyclic) bond motifs is 1. The highest BCUT2D eigenvalue weighted by Crippen LogP contribution is 2.33. The molecule has 0 radical (unpaired) electrons. The van der Waals surface area contributed by atoms with E-state index in [2.05, 4.69) is 25.6 Å². The van der Waals surface area contributed by atoms with Gasteiger partial charge in [0.15, 0.2) is 5.82 Å². The molecule has 1 unspecified atom stereocenters. The molecule has 7 nitrogen and oxygen atoms in total. The van der Waals surface area contributed by atoms with Gasteiger partial charge in [0.1, 0.15) is 23.2 Å². The summed E-state index contributed by atoms with van der Waals surface area (Å²) in [6.45, 7) is 2.70. The fraction of sp³-hybridized carbons (Fsp3) is 0.263. The number of amides is 1. The van der Waals surface area contributed by atoms with Crippen molar-refractivity contribution in [1.82, 2.24) is 20.3 Å². The van der Waals surface area contributed by atoms with Crippen molar-refractivity contribution in [1.29, 1.82) is 0 Å². The lowest BCUT2D eigenvalue weighted by Gasteiger charge is -2.21. The maximum Gasteiger partial charge on any atom is 0.419 e. The van der Waals surface area contributed by atoms with E-state index in [4.69, 9.17) is 5.73 Å². The average Bonchev–Trinajstić information content (AvgIpc) is 2.69. The van der Waals surface area contributed by atoms with Crippen LogP contribution in [0.4, 0.5) is 23.4 Å². The zero-order valence-corrected chi connectivity index (χ0v) is 15.8. The van der Waals surface area contributed by atoms with Crippen molar-refractivity contribution in [3.8, 4) is 0 Å². The van der Waals surface area contributed by atoms with Gasteiger partial charge in [-0.25, -0.2) is 14.4 Å². The second-order valence-electron chi connectivity index (χ2n) is 6.38. The second-order valence-corrected chi connectivity index (χ2v) is 6.38. The molecule has 1 aromatic carbocycles. The zero-order chi connectivity index (χ0) is 21.9. The summed E-state index contributed by atoms with van der Waals surface area (Å²) >= 11 is 0. The fourth-order valence-corrected chi connectivity index (χ4v) is 2.95. The quantitative estimate of drug-likeness (QED) is 0.506. The Bertz CT molecular complexity index is 1070. The van der Waals surface area contributed by atoms with Gasteiger partial charge in [-0.05, 0) is 30.3 Å². The number of likely N-dealkylation sites (N-methyl/N-ethyl adjacent to an activating group) is 1. The lowest BCUT2D eigenvalue weighted by atomic mass is 10.0. The minimum Gasteiger partial charge on any atom is -0.366 e. The van der Waals surface area contributed by atoms with Gasteiger partial charge in [0.2, 0.25) is 0 Å². The van der Waals surface area contributed by atoms with Gasteiger partial charge in [0, 0.05) is 12.7 Å². The zero-order valence-electron chi connectivity index (χ0n) is 15.8. The molecular weight excluding hydrogens is 404 g/mol. The van der Waals surface area contributed by atoms with Crippen LogP contribution < -0.4 is 16.4 Å². The van der Waals surface area contributed by atoms with Gasteiger partial charge < -0.3 is 16.4 Å². The summed E-state index contributed by atoms with van der Waals surface area (Å²) in [7, 11) is 0. The van der Waals surface area contributed by atoms with E-state index < -0.39 is 29.5 Å². The first kappa shape index (κ1) is 21.4. The number of alkyl halides is 3. The highest BCUT2D eigenvalue weighted by atomic mass is 19.4. The fourth-order valence-electron chi connectivity index (χ4n) is 2.95. The number of nitrogens with zero attached hydrogens (tertiary/aromatic N) is 3. The Balaban J connectivity index is 2.01. The number of nitrogens with two attached hydrogens (primary N) is 1. The van der Waals surface area contributed by atoms with E-state index in [9.17, 15) is 22.4 Å². The topological polar surface area (TPSA) is 106 Å². The third-order valence-corrected chi connectivity index (χ3v) is 4.40. The number of primary amides is 1. The van der Waals surface area contributed by atoms with E-state index in [-0.39, 0.29) is 34.5 Å². The normalized spacial score (nSPS) is 12.7. The Labute approximate surface area is 168 Å². The molecule has 1 atom stereocenters. The minimum atomic E-state index is -4.79. The summed E-state index contributed by atoms with van der Waals surface area (Å²) in [5.74, 6) is -1.84. The third-order valence-electron chi connectivity index (χ3n) is 4.40. The van der Waals surface area contributed by atoms with Gasteiger partial charge in [-0.2, -0.15) is 13.2 Å². The number of nitrogens with one attached hydrogen (secondary N) is 2. The van der Waals surface area contributed by atoms with Crippen LogP contribution in [-0.2, 0) is 6.18 Å². The van der Waals surface area contributed by atoms with Crippen molar-refractivity contribution >= 4 is 22.8 Å². The van der Waals surface area contributed by atoms with Crippen molar-refractivity contribution in [2.75, 3.05) is 18.4 Å². The van der Waals surface area contributed by atoms with E-state index in [1.165, 1.54) is 24.7 Å². The molecule has 0 bridgehead atoms. The van der Waals surface area contributed by atoms with Crippen LogP contribution in [0, 0.1) is 5.82 Å². The summed E-state index contributed by atoms with van der Waals surface area (Å²) in [5.41, 5.74) is 4.93. The first-order valence-electron chi connectivity index (χ1n) is 8.95. The molecule has 2 aromatic heterocycles. The Morgan fingerprint density at radius 3 is 2.57 bits per heavy atom. The SMILES string of the molecule is CCNCC(Nc1ncnc2c(C(N)=O)ccnc12)c1ccc(C(F)(F)F)c(F)c1. The summed E-state index contributed by atoms with van der Waals surface area (Å²) in [6, 6.07) is 3.52. The summed E-state index contributed by atoms with van der Waals surface area (Å²) < 4.78 is 52.7. The monoisotopic (exact) mass is 422 g/mol. The van der Waals surface area contributed by atoms with Crippen LogP contribution in [0.5, 0.6) is 0 Å². The van der Waals surface area contributed by atoms with Gasteiger partial charge in [0.05, 0.1) is 17.2 Å². The number of rotatable bonds is 7. The number of benzene rings is 1. The van der Waals surface area contributed by atoms with Crippen LogP contribution in [0.25, 0.3) is 11.0 Å². The smallest absolute Gasteiger partial charge is 0.366 e. The van der Waals surface area contributed by atoms with Crippen LogP contribution in [0.1, 0.15) is 34.5 Å². The van der Waals surface area contributed by atoms with E-state index in [1.54, 1.807) is 0 Å². The van der Waals surface area contributed by atoms with Crippen molar-refractivity contribution in [2.45, 2.75) is 19.1 Å².